The summed E-state index contributed by atoms with van der Waals surface area (Å²) in [6, 6.07) is 7.32. The molecule has 4 nitrogen and oxygen atoms in total. The lowest BCUT2D eigenvalue weighted by molar-refractivity contribution is -0.111. The van der Waals surface area contributed by atoms with Crippen LogP contribution in [0.25, 0.3) is 5.57 Å². The summed E-state index contributed by atoms with van der Waals surface area (Å²) in [6.45, 7) is 4.17. The van der Waals surface area contributed by atoms with E-state index in [1.54, 1.807) is 6.26 Å². The van der Waals surface area contributed by atoms with Gasteiger partial charge in [-0.05, 0) is 73.1 Å². The van der Waals surface area contributed by atoms with Crippen molar-refractivity contribution in [3.05, 3.63) is 58.6 Å². The van der Waals surface area contributed by atoms with Gasteiger partial charge in [0.15, 0.2) is 10.0 Å². The fourth-order valence-electron chi connectivity index (χ4n) is 3.00. The predicted octanol–water partition coefficient (Wildman–Crippen LogP) is 6.33. The number of thiazole rings is 1. The highest BCUT2D eigenvalue weighted by molar-refractivity contribution is 7.90. The van der Waals surface area contributed by atoms with Crippen molar-refractivity contribution in [2.45, 2.75) is 44.4 Å². The first-order valence-electron chi connectivity index (χ1n) is 9.64. The number of anilines is 1. The molecule has 2 aromatic rings. The van der Waals surface area contributed by atoms with Crippen LogP contribution in [0.15, 0.2) is 53.6 Å². The number of hydrogen-bond donors (Lipinski definition) is 1. The highest BCUT2D eigenvalue weighted by Gasteiger charge is 2.17. The summed E-state index contributed by atoms with van der Waals surface area (Å²) < 4.78 is 12.2. The third-order valence-electron chi connectivity index (χ3n) is 4.44. The molecule has 1 N–H and O–H groups in total. The number of rotatable bonds is 10. The van der Waals surface area contributed by atoms with Gasteiger partial charge in [-0.15, -0.1) is 0 Å². The Hall–Kier alpha value is -1.60. The van der Waals surface area contributed by atoms with E-state index in [1.165, 1.54) is 17.5 Å². The van der Waals surface area contributed by atoms with Crippen molar-refractivity contribution >= 4 is 50.7 Å². The van der Waals surface area contributed by atoms with Crippen LogP contribution in [0.4, 0.5) is 5.13 Å². The number of carbonyl (C=O) groups excluding carboxylic acids is 1. The van der Waals surface area contributed by atoms with Crippen LogP contribution < -0.4 is 5.32 Å². The van der Waals surface area contributed by atoms with Crippen LogP contribution in [0.5, 0.6) is 0 Å². The molecule has 29 heavy (non-hydrogen) atoms. The van der Waals surface area contributed by atoms with Crippen molar-refractivity contribution in [2.24, 2.45) is 5.92 Å². The van der Waals surface area contributed by atoms with Gasteiger partial charge in [0.1, 0.15) is 10.6 Å². The van der Waals surface area contributed by atoms with Crippen molar-refractivity contribution in [1.82, 2.24) is 4.98 Å². The Balaban J connectivity index is 2.35. The first-order chi connectivity index (χ1) is 13.9. The van der Waals surface area contributed by atoms with Crippen LogP contribution in [0.2, 0.25) is 4.34 Å². The molecule has 0 aliphatic carbocycles. The Morgan fingerprint density at radius 2 is 2.07 bits per heavy atom. The minimum Gasteiger partial charge on any atom is -0.612 e. The Bertz CT molecular complexity index is 845. The Morgan fingerprint density at radius 3 is 2.62 bits per heavy atom. The largest absolute Gasteiger partial charge is 0.612 e. The maximum absolute atomic E-state index is 13.1. The highest BCUT2D eigenvalue weighted by Crippen LogP contribution is 2.27. The second kappa shape index (κ2) is 12.2. The molecule has 1 amide bonds. The maximum atomic E-state index is 13.1. The van der Waals surface area contributed by atoms with Gasteiger partial charge in [-0.1, -0.05) is 54.5 Å². The van der Waals surface area contributed by atoms with E-state index in [-0.39, 0.29) is 11.8 Å². The average molecular weight is 451 g/mol. The summed E-state index contributed by atoms with van der Waals surface area (Å²) >= 11 is 6.11. The third kappa shape index (κ3) is 7.63. The zero-order chi connectivity index (χ0) is 21.2. The fourth-order valence-corrected chi connectivity index (χ4v) is 4.33. The van der Waals surface area contributed by atoms with Crippen LogP contribution in [0, 0.1) is 5.92 Å². The van der Waals surface area contributed by atoms with Crippen LogP contribution in [-0.4, -0.2) is 21.7 Å². The number of carbonyl (C=O) groups is 1. The summed E-state index contributed by atoms with van der Waals surface area (Å²) in [5, 5.41) is 3.33. The molecular formula is C22H27ClN2O2S2. The maximum Gasteiger partial charge on any atom is 0.257 e. The molecule has 1 aromatic carbocycles. The van der Waals surface area contributed by atoms with E-state index in [0.29, 0.717) is 15.0 Å². The average Bonchev–Trinajstić information content (AvgIpc) is 3.10. The van der Waals surface area contributed by atoms with Crippen LogP contribution >= 0.6 is 22.9 Å². The van der Waals surface area contributed by atoms with E-state index in [2.05, 4.69) is 35.5 Å². The third-order valence-corrected chi connectivity index (χ3v) is 6.41. The molecule has 0 radical (unpaired) electrons. The van der Waals surface area contributed by atoms with Gasteiger partial charge in [-0.3, -0.25) is 10.1 Å². The normalized spacial score (nSPS) is 14.2. The Morgan fingerprint density at radius 1 is 1.34 bits per heavy atom. The number of nitrogens with one attached hydrogen (secondary N) is 1. The quantitative estimate of drug-likeness (QED) is 0.261. The van der Waals surface area contributed by atoms with Crippen molar-refractivity contribution in [1.29, 1.82) is 0 Å². The van der Waals surface area contributed by atoms with Crippen molar-refractivity contribution < 1.29 is 9.35 Å². The van der Waals surface area contributed by atoms with Gasteiger partial charge in [0.2, 0.25) is 0 Å². The number of amides is 1. The smallest absolute Gasteiger partial charge is 0.257 e. The lowest BCUT2D eigenvalue weighted by Crippen LogP contribution is -2.15. The summed E-state index contributed by atoms with van der Waals surface area (Å²) in [5.74, 6) is 0.0744. The molecule has 0 aliphatic rings. The van der Waals surface area contributed by atoms with Crippen LogP contribution in [0.1, 0.15) is 45.1 Å². The van der Waals surface area contributed by atoms with E-state index >= 15 is 0 Å². The fraction of sp³-hybridized carbons (Fsp3) is 0.364. The van der Waals surface area contributed by atoms with Crippen molar-refractivity contribution in [2.75, 3.05) is 11.6 Å². The number of hydrogen-bond acceptors (Lipinski definition) is 4. The van der Waals surface area contributed by atoms with E-state index in [1.807, 2.05) is 31.2 Å². The van der Waals surface area contributed by atoms with Gasteiger partial charge in [-0.2, -0.15) is 0 Å². The van der Waals surface area contributed by atoms with Crippen molar-refractivity contribution in [3.8, 4) is 0 Å². The zero-order valence-electron chi connectivity index (χ0n) is 17.0. The number of nitrogens with zero attached hydrogens (tertiary/aromatic N) is 1. The second-order valence-corrected chi connectivity index (χ2v) is 9.72. The summed E-state index contributed by atoms with van der Waals surface area (Å²) in [5.41, 5.74) is 1.40. The monoisotopic (exact) mass is 450 g/mol. The summed E-state index contributed by atoms with van der Waals surface area (Å²) in [6.07, 6.45) is 13.4. The summed E-state index contributed by atoms with van der Waals surface area (Å²) in [7, 11) is 0. The molecular weight excluding hydrogens is 424 g/mol. The topological polar surface area (TPSA) is 65.0 Å². The SMILES string of the molecule is C/C=C/CCC(/C=C(/C(=O)Nc1ncc(Cl)s1)c1ccc([S+](C)[O-])cc1)CCC. The van der Waals surface area contributed by atoms with Gasteiger partial charge < -0.3 is 4.55 Å². The molecule has 2 unspecified atom stereocenters. The van der Waals surface area contributed by atoms with Gasteiger partial charge in [0.25, 0.3) is 5.91 Å². The first-order valence-corrected chi connectivity index (χ1v) is 12.4. The van der Waals surface area contributed by atoms with E-state index in [4.69, 9.17) is 11.6 Å². The molecule has 0 spiro atoms. The summed E-state index contributed by atoms with van der Waals surface area (Å²) in [4.78, 5) is 17.9. The molecule has 1 aromatic heterocycles. The minimum absolute atomic E-state index is 0.214. The van der Waals surface area contributed by atoms with E-state index < -0.39 is 11.2 Å². The molecule has 0 saturated carbocycles. The molecule has 2 atom stereocenters. The number of halogens is 1. The number of aromatic nitrogens is 1. The van der Waals surface area contributed by atoms with Gasteiger partial charge in [0, 0.05) is 5.57 Å². The molecule has 0 saturated heterocycles. The molecule has 7 heteroatoms. The first kappa shape index (κ1) is 23.7. The second-order valence-electron chi connectivity index (χ2n) is 6.68. The lowest BCUT2D eigenvalue weighted by atomic mass is 9.92. The van der Waals surface area contributed by atoms with Gasteiger partial charge >= 0.3 is 0 Å². The standard InChI is InChI=1S/C22H27ClN2O2S2/c1-4-6-7-9-16(8-5-2)14-19(17-10-12-18(13-11-17)29(3)27)21(26)25-22-24-15-20(23)28-22/h4,6,10-16H,5,7-9H2,1-3H3,(H,24,25,26)/b6-4+,19-14+. The van der Waals surface area contributed by atoms with E-state index in [9.17, 15) is 9.35 Å². The molecule has 1 heterocycles. The molecule has 156 valence electrons. The molecule has 2 rings (SSSR count). The van der Waals surface area contributed by atoms with Crippen LogP contribution in [0.3, 0.4) is 0 Å². The zero-order valence-corrected chi connectivity index (χ0v) is 19.4. The minimum atomic E-state index is -1.06. The van der Waals surface area contributed by atoms with Crippen LogP contribution in [-0.2, 0) is 16.0 Å². The van der Waals surface area contributed by atoms with Crippen molar-refractivity contribution in [3.63, 3.8) is 0 Å². The molecule has 0 fully saturated rings. The van der Waals surface area contributed by atoms with Gasteiger partial charge in [0.05, 0.1) is 6.20 Å². The molecule has 0 aliphatic heterocycles. The number of allylic oxidation sites excluding steroid dienone is 3. The Labute approximate surface area is 185 Å². The Kier molecular flexibility index (Phi) is 9.94. The van der Waals surface area contributed by atoms with Gasteiger partial charge in [-0.25, -0.2) is 4.98 Å². The molecule has 0 bridgehead atoms. The van der Waals surface area contributed by atoms with E-state index in [0.717, 1.165) is 36.1 Å². The predicted molar refractivity (Wildman–Crippen MR) is 125 cm³/mol. The lowest BCUT2D eigenvalue weighted by Gasteiger charge is -2.15. The number of benzene rings is 1. The highest BCUT2D eigenvalue weighted by atomic mass is 35.5.